The van der Waals surface area contributed by atoms with Crippen LogP contribution in [-0.2, 0) is 4.79 Å². The van der Waals surface area contributed by atoms with Crippen molar-refractivity contribution in [1.29, 1.82) is 0 Å². The third kappa shape index (κ3) is 4.21. The molecule has 6 heteroatoms. The molecule has 3 aromatic rings. The van der Waals surface area contributed by atoms with Crippen molar-refractivity contribution in [3.63, 3.8) is 0 Å². The van der Waals surface area contributed by atoms with Crippen LogP contribution in [0.1, 0.15) is 17.0 Å². The van der Waals surface area contributed by atoms with Gasteiger partial charge in [0.1, 0.15) is 0 Å². The summed E-state index contributed by atoms with van der Waals surface area (Å²) in [4.78, 5) is 26.3. The Bertz CT molecular complexity index is 902. The summed E-state index contributed by atoms with van der Waals surface area (Å²) in [5.74, 6) is 1.02. The maximum Gasteiger partial charge on any atom is 0.234 e. The van der Waals surface area contributed by atoms with Crippen molar-refractivity contribution in [1.82, 2.24) is 14.9 Å². The van der Waals surface area contributed by atoms with Gasteiger partial charge in [-0.25, -0.2) is 4.98 Å². The number of anilines is 1. The van der Waals surface area contributed by atoms with Crippen LogP contribution in [0.5, 0.6) is 5.88 Å². The number of nitrogens with zero attached hydrogens (tertiary/aromatic N) is 4. The summed E-state index contributed by atoms with van der Waals surface area (Å²) >= 11 is 0. The van der Waals surface area contributed by atoms with Crippen molar-refractivity contribution in [3.05, 3.63) is 84.1 Å². The third-order valence-corrected chi connectivity index (χ3v) is 5.21. The molecule has 0 aliphatic carbocycles. The van der Waals surface area contributed by atoms with Gasteiger partial charge in [-0.05, 0) is 11.1 Å². The summed E-state index contributed by atoms with van der Waals surface area (Å²) in [6, 6.07) is 21.7. The molecule has 2 aromatic carbocycles. The van der Waals surface area contributed by atoms with Gasteiger partial charge in [-0.1, -0.05) is 60.7 Å². The van der Waals surface area contributed by atoms with Gasteiger partial charge in [-0.2, -0.15) is 4.98 Å². The van der Waals surface area contributed by atoms with E-state index in [4.69, 9.17) is 4.74 Å². The lowest BCUT2D eigenvalue weighted by molar-refractivity contribution is -0.132. The van der Waals surface area contributed by atoms with E-state index in [0.717, 1.165) is 11.1 Å². The van der Waals surface area contributed by atoms with Crippen molar-refractivity contribution in [2.75, 3.05) is 38.2 Å². The molecule has 1 aliphatic heterocycles. The SMILES string of the molecule is COc1ccnc(N2CCN(C(=O)C(c3ccccc3)c3ccccc3)CC2)n1. The number of methoxy groups -OCH3 is 1. The molecule has 1 saturated heterocycles. The fourth-order valence-electron chi connectivity index (χ4n) is 3.68. The molecule has 2 heterocycles. The molecule has 1 fully saturated rings. The normalized spacial score (nSPS) is 14.1. The van der Waals surface area contributed by atoms with Crippen LogP contribution >= 0.6 is 0 Å². The first kappa shape index (κ1) is 18.9. The second-order valence-electron chi connectivity index (χ2n) is 6.97. The minimum atomic E-state index is -0.294. The first-order chi connectivity index (χ1) is 14.3. The van der Waals surface area contributed by atoms with Crippen LogP contribution in [-0.4, -0.2) is 54.1 Å². The Morgan fingerprint density at radius 3 is 2.03 bits per heavy atom. The number of amides is 1. The number of carbonyl (C=O) groups is 1. The first-order valence-corrected chi connectivity index (χ1v) is 9.77. The third-order valence-electron chi connectivity index (χ3n) is 5.21. The van der Waals surface area contributed by atoms with E-state index in [0.29, 0.717) is 38.0 Å². The van der Waals surface area contributed by atoms with Gasteiger partial charge in [0.25, 0.3) is 0 Å². The number of piperazine rings is 1. The van der Waals surface area contributed by atoms with E-state index in [1.54, 1.807) is 19.4 Å². The van der Waals surface area contributed by atoms with E-state index in [9.17, 15) is 4.79 Å². The summed E-state index contributed by atoms with van der Waals surface area (Å²) in [5.41, 5.74) is 2.03. The molecule has 1 amide bonds. The van der Waals surface area contributed by atoms with Crippen molar-refractivity contribution < 1.29 is 9.53 Å². The van der Waals surface area contributed by atoms with Crippen LogP contribution in [0.3, 0.4) is 0 Å². The number of rotatable bonds is 5. The number of hydrogen-bond acceptors (Lipinski definition) is 5. The predicted octanol–water partition coefficient (Wildman–Crippen LogP) is 2.97. The number of ether oxygens (including phenoxy) is 1. The zero-order chi connectivity index (χ0) is 20.1. The molecule has 0 spiro atoms. The van der Waals surface area contributed by atoms with E-state index < -0.39 is 0 Å². The van der Waals surface area contributed by atoms with Crippen LogP contribution in [0, 0.1) is 0 Å². The number of hydrogen-bond donors (Lipinski definition) is 0. The Balaban J connectivity index is 1.51. The molecule has 0 unspecified atom stereocenters. The van der Waals surface area contributed by atoms with E-state index in [-0.39, 0.29) is 11.8 Å². The highest BCUT2D eigenvalue weighted by molar-refractivity contribution is 5.87. The van der Waals surface area contributed by atoms with Crippen molar-refractivity contribution >= 4 is 11.9 Å². The van der Waals surface area contributed by atoms with Crippen LogP contribution in [0.15, 0.2) is 72.9 Å². The standard InChI is InChI=1S/C23H24N4O2/c1-29-20-12-13-24-23(25-20)27-16-14-26(15-17-27)22(28)21(18-8-4-2-5-9-18)19-10-6-3-7-11-19/h2-13,21H,14-17H2,1H3. The molecule has 0 atom stereocenters. The summed E-state index contributed by atoms with van der Waals surface area (Å²) in [6.07, 6.45) is 1.69. The van der Waals surface area contributed by atoms with E-state index in [1.165, 1.54) is 0 Å². The molecule has 0 saturated carbocycles. The zero-order valence-corrected chi connectivity index (χ0v) is 16.4. The molecule has 0 N–H and O–H groups in total. The lowest BCUT2D eigenvalue weighted by atomic mass is 9.90. The number of carbonyl (C=O) groups excluding carboxylic acids is 1. The molecule has 4 rings (SSSR count). The molecular formula is C23H24N4O2. The monoisotopic (exact) mass is 388 g/mol. The van der Waals surface area contributed by atoms with Crippen LogP contribution < -0.4 is 9.64 Å². The Labute approximate surface area is 170 Å². The average molecular weight is 388 g/mol. The van der Waals surface area contributed by atoms with Gasteiger partial charge < -0.3 is 14.5 Å². The topological polar surface area (TPSA) is 58.6 Å². The Kier molecular flexibility index (Phi) is 5.70. The van der Waals surface area contributed by atoms with E-state index in [1.807, 2.05) is 65.6 Å². The van der Waals surface area contributed by atoms with Gasteiger partial charge in [-0.3, -0.25) is 4.79 Å². The van der Waals surface area contributed by atoms with Crippen LogP contribution in [0.25, 0.3) is 0 Å². The fourth-order valence-corrected chi connectivity index (χ4v) is 3.68. The van der Waals surface area contributed by atoms with Gasteiger partial charge in [-0.15, -0.1) is 0 Å². The maximum atomic E-state index is 13.5. The average Bonchev–Trinajstić information content (AvgIpc) is 2.81. The van der Waals surface area contributed by atoms with Gasteiger partial charge in [0, 0.05) is 38.4 Å². The van der Waals surface area contributed by atoms with Gasteiger partial charge in [0.15, 0.2) is 0 Å². The molecule has 6 nitrogen and oxygen atoms in total. The van der Waals surface area contributed by atoms with Crippen molar-refractivity contribution in [2.24, 2.45) is 0 Å². The molecular weight excluding hydrogens is 364 g/mol. The number of aromatic nitrogens is 2. The lowest BCUT2D eigenvalue weighted by Gasteiger charge is -2.36. The van der Waals surface area contributed by atoms with E-state index in [2.05, 4.69) is 14.9 Å². The molecule has 1 aromatic heterocycles. The van der Waals surface area contributed by atoms with E-state index >= 15 is 0 Å². The zero-order valence-electron chi connectivity index (χ0n) is 16.4. The highest BCUT2D eigenvalue weighted by atomic mass is 16.5. The summed E-state index contributed by atoms with van der Waals surface area (Å²) < 4.78 is 5.19. The second kappa shape index (κ2) is 8.73. The second-order valence-corrected chi connectivity index (χ2v) is 6.97. The van der Waals surface area contributed by atoms with Gasteiger partial charge in [0.2, 0.25) is 17.7 Å². The van der Waals surface area contributed by atoms with Crippen LogP contribution in [0.4, 0.5) is 5.95 Å². The Hall–Kier alpha value is -3.41. The summed E-state index contributed by atoms with van der Waals surface area (Å²) in [5, 5.41) is 0. The molecule has 148 valence electrons. The smallest absolute Gasteiger partial charge is 0.234 e. The highest BCUT2D eigenvalue weighted by Crippen LogP contribution is 2.27. The first-order valence-electron chi connectivity index (χ1n) is 9.77. The quantitative estimate of drug-likeness (QED) is 0.673. The fraction of sp³-hybridized carbons (Fsp3) is 0.261. The maximum absolute atomic E-state index is 13.5. The van der Waals surface area contributed by atoms with Crippen molar-refractivity contribution in [3.8, 4) is 5.88 Å². The minimum Gasteiger partial charge on any atom is -0.481 e. The Morgan fingerprint density at radius 2 is 1.48 bits per heavy atom. The highest BCUT2D eigenvalue weighted by Gasteiger charge is 2.30. The minimum absolute atomic E-state index is 0.133. The van der Waals surface area contributed by atoms with Crippen LogP contribution in [0.2, 0.25) is 0 Å². The summed E-state index contributed by atoms with van der Waals surface area (Å²) in [7, 11) is 1.59. The molecule has 0 bridgehead atoms. The largest absolute Gasteiger partial charge is 0.481 e. The molecule has 0 radical (unpaired) electrons. The Morgan fingerprint density at radius 1 is 0.897 bits per heavy atom. The summed E-state index contributed by atoms with van der Waals surface area (Å²) in [6.45, 7) is 2.65. The lowest BCUT2D eigenvalue weighted by Crippen LogP contribution is -2.50. The van der Waals surface area contributed by atoms with Gasteiger partial charge in [0.05, 0.1) is 13.0 Å². The van der Waals surface area contributed by atoms with Crippen molar-refractivity contribution in [2.45, 2.75) is 5.92 Å². The van der Waals surface area contributed by atoms with Gasteiger partial charge >= 0.3 is 0 Å². The number of benzene rings is 2. The predicted molar refractivity (Wildman–Crippen MR) is 112 cm³/mol. The molecule has 1 aliphatic rings. The molecule has 29 heavy (non-hydrogen) atoms.